The Labute approximate surface area is 151 Å². The SMILES string of the molecule is CN(CCN1CCCCC1=O)C1CN(c2ccc(C(C)(C)C)nn2)C1. The van der Waals surface area contributed by atoms with Gasteiger partial charge in [-0.05, 0) is 32.0 Å². The van der Waals surface area contributed by atoms with Gasteiger partial charge in [0.1, 0.15) is 0 Å². The highest BCUT2D eigenvalue weighted by atomic mass is 16.2. The highest BCUT2D eigenvalue weighted by Crippen LogP contribution is 2.24. The van der Waals surface area contributed by atoms with Crippen molar-refractivity contribution in [2.75, 3.05) is 44.7 Å². The van der Waals surface area contributed by atoms with Gasteiger partial charge in [-0.15, -0.1) is 5.10 Å². The molecular formula is C19H31N5O. The molecule has 3 rings (SSSR count). The summed E-state index contributed by atoms with van der Waals surface area (Å²) < 4.78 is 0. The Morgan fingerprint density at radius 3 is 2.56 bits per heavy atom. The van der Waals surface area contributed by atoms with Crippen LogP contribution in [0.25, 0.3) is 0 Å². The number of rotatable bonds is 5. The maximum absolute atomic E-state index is 11.9. The molecule has 1 aromatic heterocycles. The van der Waals surface area contributed by atoms with Gasteiger partial charge in [0.2, 0.25) is 5.91 Å². The number of hydrogen-bond acceptors (Lipinski definition) is 5. The summed E-state index contributed by atoms with van der Waals surface area (Å²) in [7, 11) is 2.16. The summed E-state index contributed by atoms with van der Waals surface area (Å²) in [5.41, 5.74) is 1.06. The summed E-state index contributed by atoms with van der Waals surface area (Å²) in [5.74, 6) is 1.29. The van der Waals surface area contributed by atoms with E-state index in [2.05, 4.69) is 59.9 Å². The van der Waals surface area contributed by atoms with Gasteiger partial charge in [-0.3, -0.25) is 9.69 Å². The largest absolute Gasteiger partial charge is 0.352 e. The van der Waals surface area contributed by atoms with Crippen molar-refractivity contribution in [1.82, 2.24) is 20.0 Å². The van der Waals surface area contributed by atoms with Crippen LogP contribution in [0.2, 0.25) is 0 Å². The first-order valence-electron chi connectivity index (χ1n) is 9.42. The highest BCUT2D eigenvalue weighted by molar-refractivity contribution is 5.76. The summed E-state index contributed by atoms with van der Waals surface area (Å²) in [6, 6.07) is 4.70. The number of nitrogens with zero attached hydrogens (tertiary/aromatic N) is 5. The zero-order valence-electron chi connectivity index (χ0n) is 16.0. The van der Waals surface area contributed by atoms with Crippen LogP contribution in [-0.4, -0.2) is 71.7 Å². The average Bonchev–Trinajstić information content (AvgIpc) is 2.52. The van der Waals surface area contributed by atoms with Crippen LogP contribution in [0.5, 0.6) is 0 Å². The molecule has 0 saturated carbocycles. The molecule has 0 atom stereocenters. The minimum atomic E-state index is 0.0368. The molecule has 0 bridgehead atoms. The molecule has 0 radical (unpaired) electrons. The quantitative estimate of drug-likeness (QED) is 0.816. The van der Waals surface area contributed by atoms with Crippen LogP contribution in [0, 0.1) is 0 Å². The fourth-order valence-corrected chi connectivity index (χ4v) is 3.37. The van der Waals surface area contributed by atoms with E-state index < -0.39 is 0 Å². The molecule has 0 aromatic carbocycles. The van der Waals surface area contributed by atoms with Gasteiger partial charge >= 0.3 is 0 Å². The Morgan fingerprint density at radius 1 is 1.20 bits per heavy atom. The first-order valence-corrected chi connectivity index (χ1v) is 9.42. The molecule has 0 spiro atoms. The number of carbonyl (C=O) groups excluding carboxylic acids is 1. The van der Waals surface area contributed by atoms with Crippen molar-refractivity contribution < 1.29 is 4.79 Å². The van der Waals surface area contributed by atoms with Crippen LogP contribution in [-0.2, 0) is 10.2 Å². The second-order valence-corrected chi connectivity index (χ2v) is 8.40. The molecule has 25 heavy (non-hydrogen) atoms. The molecule has 0 unspecified atom stereocenters. The molecule has 0 N–H and O–H groups in total. The third kappa shape index (κ3) is 4.29. The van der Waals surface area contributed by atoms with Crippen LogP contribution >= 0.6 is 0 Å². The molecule has 2 fully saturated rings. The van der Waals surface area contributed by atoms with E-state index in [1.807, 2.05) is 4.90 Å². The zero-order valence-corrected chi connectivity index (χ0v) is 16.0. The maximum Gasteiger partial charge on any atom is 0.222 e. The van der Waals surface area contributed by atoms with Crippen molar-refractivity contribution in [1.29, 1.82) is 0 Å². The van der Waals surface area contributed by atoms with E-state index in [1.165, 1.54) is 0 Å². The fourth-order valence-electron chi connectivity index (χ4n) is 3.37. The summed E-state index contributed by atoms with van der Waals surface area (Å²) >= 11 is 0. The van der Waals surface area contributed by atoms with Crippen molar-refractivity contribution in [3.63, 3.8) is 0 Å². The van der Waals surface area contributed by atoms with Crippen molar-refractivity contribution in [3.8, 4) is 0 Å². The fraction of sp³-hybridized carbons (Fsp3) is 0.737. The molecule has 2 aliphatic rings. The van der Waals surface area contributed by atoms with Gasteiger partial charge in [0.15, 0.2) is 5.82 Å². The number of piperidine rings is 1. The van der Waals surface area contributed by atoms with Crippen molar-refractivity contribution in [2.24, 2.45) is 0 Å². The van der Waals surface area contributed by atoms with E-state index in [1.54, 1.807) is 0 Å². The highest BCUT2D eigenvalue weighted by Gasteiger charge is 2.31. The van der Waals surface area contributed by atoms with E-state index in [0.29, 0.717) is 11.9 Å². The monoisotopic (exact) mass is 345 g/mol. The van der Waals surface area contributed by atoms with E-state index in [-0.39, 0.29) is 5.41 Å². The van der Waals surface area contributed by atoms with Crippen LogP contribution in [0.1, 0.15) is 45.7 Å². The molecule has 1 amide bonds. The number of anilines is 1. The standard InChI is InChI=1S/C19H31N5O/c1-19(2,3)16-8-9-17(21-20-16)24-13-15(14-24)22(4)11-12-23-10-6-5-7-18(23)25/h8-9,15H,5-7,10-14H2,1-4H3. The first-order chi connectivity index (χ1) is 11.8. The number of aromatic nitrogens is 2. The molecule has 138 valence electrons. The Hall–Kier alpha value is -1.69. The number of carbonyl (C=O) groups is 1. The van der Waals surface area contributed by atoms with Gasteiger partial charge in [-0.25, -0.2) is 0 Å². The Kier molecular flexibility index (Phi) is 5.27. The Morgan fingerprint density at radius 2 is 1.96 bits per heavy atom. The molecule has 2 saturated heterocycles. The smallest absolute Gasteiger partial charge is 0.222 e. The number of likely N-dealkylation sites (N-methyl/N-ethyl adjacent to an activating group) is 1. The molecule has 1 aromatic rings. The predicted octanol–water partition coefficient (Wildman–Crippen LogP) is 1.91. The van der Waals surface area contributed by atoms with E-state index in [0.717, 1.165) is 63.5 Å². The number of hydrogen-bond donors (Lipinski definition) is 0. The van der Waals surface area contributed by atoms with Gasteiger partial charge in [0.25, 0.3) is 0 Å². The minimum absolute atomic E-state index is 0.0368. The second kappa shape index (κ2) is 7.28. The van der Waals surface area contributed by atoms with Crippen molar-refractivity contribution in [2.45, 2.75) is 51.5 Å². The number of likely N-dealkylation sites (tertiary alicyclic amines) is 1. The molecule has 3 heterocycles. The van der Waals surface area contributed by atoms with Gasteiger partial charge in [-0.1, -0.05) is 20.8 Å². The molecule has 2 aliphatic heterocycles. The normalized spacial score (nSPS) is 19.5. The van der Waals surface area contributed by atoms with Crippen LogP contribution in [0.4, 0.5) is 5.82 Å². The van der Waals surface area contributed by atoms with Gasteiger partial charge in [0.05, 0.1) is 5.69 Å². The topological polar surface area (TPSA) is 52.6 Å². The molecule has 6 nitrogen and oxygen atoms in total. The second-order valence-electron chi connectivity index (χ2n) is 8.40. The third-order valence-corrected chi connectivity index (χ3v) is 5.37. The Bertz CT molecular complexity index is 589. The van der Waals surface area contributed by atoms with Crippen LogP contribution in [0.15, 0.2) is 12.1 Å². The first kappa shape index (κ1) is 18.1. The average molecular weight is 345 g/mol. The lowest BCUT2D eigenvalue weighted by molar-refractivity contribution is -0.133. The number of amides is 1. The van der Waals surface area contributed by atoms with Crippen molar-refractivity contribution in [3.05, 3.63) is 17.8 Å². The maximum atomic E-state index is 11.9. The molecule has 0 aliphatic carbocycles. The van der Waals surface area contributed by atoms with Crippen LogP contribution in [0.3, 0.4) is 0 Å². The summed E-state index contributed by atoms with van der Waals surface area (Å²) in [5, 5.41) is 8.77. The van der Waals surface area contributed by atoms with E-state index >= 15 is 0 Å². The van der Waals surface area contributed by atoms with Gasteiger partial charge < -0.3 is 9.80 Å². The van der Waals surface area contributed by atoms with Gasteiger partial charge in [0, 0.05) is 50.6 Å². The lowest BCUT2D eigenvalue weighted by Gasteiger charge is -2.45. The van der Waals surface area contributed by atoms with Gasteiger partial charge in [-0.2, -0.15) is 5.10 Å². The predicted molar refractivity (Wildman–Crippen MR) is 99.8 cm³/mol. The lowest BCUT2D eigenvalue weighted by atomic mass is 9.92. The molecule has 6 heteroatoms. The summed E-state index contributed by atoms with van der Waals surface area (Å²) in [4.78, 5) is 18.5. The zero-order chi connectivity index (χ0) is 18.0. The Balaban J connectivity index is 1.44. The molecular weight excluding hydrogens is 314 g/mol. The lowest BCUT2D eigenvalue weighted by Crippen LogP contribution is -2.59. The minimum Gasteiger partial charge on any atom is -0.352 e. The summed E-state index contributed by atoms with van der Waals surface area (Å²) in [6.07, 6.45) is 2.93. The van der Waals surface area contributed by atoms with E-state index in [9.17, 15) is 4.79 Å². The van der Waals surface area contributed by atoms with Crippen LogP contribution < -0.4 is 4.90 Å². The van der Waals surface area contributed by atoms with Crippen molar-refractivity contribution >= 4 is 11.7 Å². The van der Waals surface area contributed by atoms with E-state index in [4.69, 9.17) is 0 Å². The summed E-state index contributed by atoms with van der Waals surface area (Å²) in [6.45, 7) is 11.1. The third-order valence-electron chi connectivity index (χ3n) is 5.37.